The molecule has 0 aliphatic heterocycles. The van der Waals surface area contributed by atoms with Crippen molar-refractivity contribution in [3.05, 3.63) is 51.5 Å². The molecule has 2 aromatic heterocycles. The molecule has 0 aliphatic rings. The van der Waals surface area contributed by atoms with Crippen molar-refractivity contribution < 1.29 is 19.1 Å². The van der Waals surface area contributed by atoms with E-state index in [2.05, 4.69) is 20.9 Å². The van der Waals surface area contributed by atoms with Gasteiger partial charge in [-0.2, -0.15) is 0 Å². The summed E-state index contributed by atoms with van der Waals surface area (Å²) in [6, 6.07) is 3.31. The highest BCUT2D eigenvalue weighted by atomic mass is 79.9. The van der Waals surface area contributed by atoms with Gasteiger partial charge in [-0.15, -0.1) is 0 Å². The van der Waals surface area contributed by atoms with Gasteiger partial charge in [-0.3, -0.25) is 0 Å². The maximum atomic E-state index is 12.3. The fraction of sp³-hybridized carbons (Fsp3) is 0.316. The minimum Gasteiger partial charge on any atom is -0.462 e. The molecule has 0 unspecified atom stereocenters. The Morgan fingerprint density at radius 3 is 2.62 bits per heavy atom. The number of halogens is 1. The number of pyridine rings is 1. The minimum atomic E-state index is -0.560. The average molecular weight is 421 g/mol. The van der Waals surface area contributed by atoms with Crippen molar-refractivity contribution in [3.8, 4) is 5.75 Å². The molecule has 6 nitrogen and oxygen atoms in total. The Morgan fingerprint density at radius 2 is 2.00 bits per heavy atom. The van der Waals surface area contributed by atoms with Gasteiger partial charge in [0.25, 0.3) is 0 Å². The topological polar surface area (TPSA) is 70.4 Å². The summed E-state index contributed by atoms with van der Waals surface area (Å²) in [5.74, 6) is -0.634. The van der Waals surface area contributed by atoms with E-state index in [-0.39, 0.29) is 6.61 Å². The van der Waals surface area contributed by atoms with Crippen LogP contribution < -0.4 is 4.74 Å². The number of carbonyl (C=O) groups is 2. The Hall–Kier alpha value is -2.41. The van der Waals surface area contributed by atoms with Crippen molar-refractivity contribution in [2.24, 2.45) is 0 Å². The number of aromatic nitrogens is 2. The van der Waals surface area contributed by atoms with Gasteiger partial charge in [-0.1, -0.05) is 0 Å². The molecule has 0 fully saturated rings. The van der Waals surface area contributed by atoms with Crippen LogP contribution in [0.1, 0.15) is 41.2 Å². The predicted molar refractivity (Wildman–Crippen MR) is 102 cm³/mol. The van der Waals surface area contributed by atoms with E-state index in [9.17, 15) is 9.59 Å². The SMILES string of the molecule is CCOC(=O)c1c(/C=C/C(=O)Oc2cccnc2Br)c(C)n(CC)c1C. The van der Waals surface area contributed by atoms with Gasteiger partial charge in [-0.05, 0) is 61.8 Å². The third-order valence-electron chi connectivity index (χ3n) is 3.95. The molecule has 0 spiro atoms. The molecule has 26 heavy (non-hydrogen) atoms. The molecule has 2 aromatic rings. The second-order valence-electron chi connectivity index (χ2n) is 5.47. The van der Waals surface area contributed by atoms with Gasteiger partial charge in [-0.25, -0.2) is 14.6 Å². The first-order valence-electron chi connectivity index (χ1n) is 8.27. The molecule has 0 aliphatic carbocycles. The summed E-state index contributed by atoms with van der Waals surface area (Å²) in [4.78, 5) is 28.5. The lowest BCUT2D eigenvalue weighted by atomic mass is 10.1. The number of hydrogen-bond acceptors (Lipinski definition) is 5. The van der Waals surface area contributed by atoms with E-state index in [4.69, 9.17) is 9.47 Å². The Bertz CT molecular complexity index is 855. The first-order valence-corrected chi connectivity index (χ1v) is 9.07. The summed E-state index contributed by atoms with van der Waals surface area (Å²) in [5, 5.41) is 0. The molecule has 0 saturated heterocycles. The lowest BCUT2D eigenvalue weighted by Gasteiger charge is -2.05. The average Bonchev–Trinajstić information content (AvgIpc) is 2.85. The van der Waals surface area contributed by atoms with Crippen molar-refractivity contribution in [3.63, 3.8) is 0 Å². The molecule has 0 N–H and O–H groups in total. The van der Waals surface area contributed by atoms with Crippen LogP contribution in [0.5, 0.6) is 5.75 Å². The van der Waals surface area contributed by atoms with Gasteiger partial charge in [0.05, 0.1) is 12.2 Å². The van der Waals surface area contributed by atoms with Gasteiger partial charge in [0.15, 0.2) is 5.75 Å². The third-order valence-corrected chi connectivity index (χ3v) is 4.54. The van der Waals surface area contributed by atoms with Crippen LogP contribution >= 0.6 is 15.9 Å². The van der Waals surface area contributed by atoms with E-state index < -0.39 is 11.9 Å². The third kappa shape index (κ3) is 4.22. The molecule has 2 heterocycles. The van der Waals surface area contributed by atoms with E-state index in [1.165, 1.54) is 6.08 Å². The predicted octanol–water partition coefficient (Wildman–Crippen LogP) is 4.08. The van der Waals surface area contributed by atoms with Crippen LogP contribution in [0.15, 0.2) is 29.0 Å². The van der Waals surface area contributed by atoms with Gasteiger partial charge in [0, 0.05) is 35.8 Å². The van der Waals surface area contributed by atoms with Crippen LogP contribution in [0, 0.1) is 13.8 Å². The molecular weight excluding hydrogens is 400 g/mol. The molecule has 0 saturated carbocycles. The highest BCUT2D eigenvalue weighted by Crippen LogP contribution is 2.25. The largest absolute Gasteiger partial charge is 0.462 e. The highest BCUT2D eigenvalue weighted by molar-refractivity contribution is 9.10. The number of rotatable bonds is 6. The van der Waals surface area contributed by atoms with Crippen LogP contribution in [0.3, 0.4) is 0 Å². The quantitative estimate of drug-likeness (QED) is 0.400. The summed E-state index contributed by atoms with van der Waals surface area (Å²) in [6.07, 6.45) is 4.47. The number of esters is 2. The summed E-state index contributed by atoms with van der Waals surface area (Å²) < 4.78 is 12.9. The molecular formula is C19H21BrN2O4. The van der Waals surface area contributed by atoms with Crippen LogP contribution in [0.4, 0.5) is 0 Å². The number of nitrogens with zero attached hydrogens (tertiary/aromatic N) is 2. The first kappa shape index (κ1) is 19.9. The van der Waals surface area contributed by atoms with Crippen LogP contribution in [0.2, 0.25) is 0 Å². The molecule has 0 aromatic carbocycles. The summed E-state index contributed by atoms with van der Waals surface area (Å²) in [7, 11) is 0. The van der Waals surface area contributed by atoms with E-state index in [0.717, 1.165) is 11.4 Å². The zero-order valence-corrected chi connectivity index (χ0v) is 16.8. The molecule has 0 amide bonds. The standard InChI is InChI=1S/C19H21BrN2O4/c1-5-22-12(3)14(17(13(22)4)19(24)25-6-2)9-10-16(23)26-15-8-7-11-21-18(15)20/h7-11H,5-6H2,1-4H3/b10-9+. The Labute approximate surface area is 161 Å². The minimum absolute atomic E-state index is 0.287. The maximum absolute atomic E-state index is 12.3. The van der Waals surface area contributed by atoms with Crippen molar-refractivity contribution in [1.29, 1.82) is 0 Å². The molecule has 0 bridgehead atoms. The number of ether oxygens (including phenoxy) is 2. The van der Waals surface area contributed by atoms with E-state index in [1.54, 1.807) is 31.3 Å². The molecule has 0 atom stereocenters. The van der Waals surface area contributed by atoms with Crippen molar-refractivity contribution in [2.45, 2.75) is 34.2 Å². The van der Waals surface area contributed by atoms with Gasteiger partial charge < -0.3 is 14.0 Å². The maximum Gasteiger partial charge on any atom is 0.340 e. The van der Waals surface area contributed by atoms with Crippen molar-refractivity contribution in [2.75, 3.05) is 6.61 Å². The summed E-state index contributed by atoms with van der Waals surface area (Å²) in [5.41, 5.74) is 2.83. The monoisotopic (exact) mass is 420 g/mol. The zero-order valence-electron chi connectivity index (χ0n) is 15.2. The van der Waals surface area contributed by atoms with Gasteiger partial charge >= 0.3 is 11.9 Å². The van der Waals surface area contributed by atoms with Crippen molar-refractivity contribution in [1.82, 2.24) is 9.55 Å². The van der Waals surface area contributed by atoms with Crippen LogP contribution in [0.25, 0.3) is 6.08 Å². The zero-order chi connectivity index (χ0) is 19.3. The number of carbonyl (C=O) groups excluding carboxylic acids is 2. The summed E-state index contributed by atoms with van der Waals surface area (Å²) >= 11 is 3.23. The second-order valence-corrected chi connectivity index (χ2v) is 6.22. The highest BCUT2D eigenvalue weighted by Gasteiger charge is 2.22. The summed E-state index contributed by atoms with van der Waals surface area (Å²) in [6.45, 7) is 8.53. The second kappa shape index (κ2) is 8.80. The number of hydrogen-bond donors (Lipinski definition) is 0. The fourth-order valence-electron chi connectivity index (χ4n) is 2.79. The van der Waals surface area contributed by atoms with Gasteiger partial charge in [0.1, 0.15) is 4.60 Å². The lowest BCUT2D eigenvalue weighted by molar-refractivity contribution is -0.128. The van der Waals surface area contributed by atoms with Crippen LogP contribution in [-0.2, 0) is 16.1 Å². The normalized spacial score (nSPS) is 11.0. The molecule has 138 valence electrons. The molecule has 0 radical (unpaired) electrons. The lowest BCUT2D eigenvalue weighted by Crippen LogP contribution is -2.08. The Morgan fingerprint density at radius 1 is 1.27 bits per heavy atom. The van der Waals surface area contributed by atoms with Gasteiger partial charge in [0.2, 0.25) is 0 Å². The van der Waals surface area contributed by atoms with E-state index >= 15 is 0 Å². The molecule has 7 heteroatoms. The Kier molecular flexibility index (Phi) is 6.74. The first-order chi connectivity index (χ1) is 12.4. The van der Waals surface area contributed by atoms with E-state index in [1.807, 2.05) is 25.3 Å². The molecule has 2 rings (SSSR count). The van der Waals surface area contributed by atoms with E-state index in [0.29, 0.717) is 28.0 Å². The van der Waals surface area contributed by atoms with Crippen molar-refractivity contribution >= 4 is 33.9 Å². The Balaban J connectivity index is 2.33. The smallest absolute Gasteiger partial charge is 0.340 e. The fourth-order valence-corrected chi connectivity index (χ4v) is 3.12. The van der Waals surface area contributed by atoms with Crippen LogP contribution in [-0.4, -0.2) is 28.1 Å².